The van der Waals surface area contributed by atoms with E-state index in [0.29, 0.717) is 6.07 Å². The number of hydrogen-bond acceptors (Lipinski definition) is 9. The van der Waals surface area contributed by atoms with Crippen molar-refractivity contribution in [3.63, 3.8) is 0 Å². The van der Waals surface area contributed by atoms with Gasteiger partial charge in [-0.1, -0.05) is 0 Å². The summed E-state index contributed by atoms with van der Waals surface area (Å²) in [6, 6.07) is 4.78. The fourth-order valence-electron chi connectivity index (χ4n) is 1.81. The van der Waals surface area contributed by atoms with Crippen LogP contribution in [-0.2, 0) is 0 Å². The summed E-state index contributed by atoms with van der Waals surface area (Å²) in [6.07, 6.45) is 0. The van der Waals surface area contributed by atoms with Crippen molar-refractivity contribution in [2.24, 2.45) is 5.10 Å². The summed E-state index contributed by atoms with van der Waals surface area (Å²) < 4.78 is 4.89. The van der Waals surface area contributed by atoms with E-state index in [1.807, 2.05) is 5.43 Å². The van der Waals surface area contributed by atoms with Crippen molar-refractivity contribution in [1.82, 2.24) is 5.43 Å². The van der Waals surface area contributed by atoms with Crippen LogP contribution >= 0.6 is 0 Å². The van der Waals surface area contributed by atoms with E-state index >= 15 is 0 Å². The molecule has 0 aliphatic heterocycles. The van der Waals surface area contributed by atoms with Gasteiger partial charge in [0, 0.05) is 12.1 Å². The van der Waals surface area contributed by atoms with Crippen molar-refractivity contribution in [3.8, 4) is 0 Å². The highest BCUT2D eigenvalue weighted by molar-refractivity contribution is 5.99. The maximum Gasteiger partial charge on any atom is 0.433 e. The number of non-ortho nitro benzene ring substituents is 2. The third-order valence-electron chi connectivity index (χ3n) is 3.04. The molecule has 0 unspecified atom stereocenters. The number of hydrazone groups is 1. The number of furan rings is 1. The third-order valence-corrected chi connectivity index (χ3v) is 3.04. The van der Waals surface area contributed by atoms with E-state index in [2.05, 4.69) is 5.10 Å². The number of nitro groups is 3. The topological polar surface area (TPSA) is 184 Å². The second-order valence-electron chi connectivity index (χ2n) is 4.79. The van der Waals surface area contributed by atoms with E-state index in [1.165, 1.54) is 13.0 Å². The summed E-state index contributed by atoms with van der Waals surface area (Å²) in [4.78, 5) is 41.7. The first-order chi connectivity index (χ1) is 12.2. The number of carbonyl (C=O) groups excluding carboxylic acids is 1. The fraction of sp³-hybridized carbons (Fsp3) is 0.0769. The van der Waals surface area contributed by atoms with Crippen LogP contribution in [0.4, 0.5) is 17.3 Å². The molecule has 0 aliphatic rings. The summed E-state index contributed by atoms with van der Waals surface area (Å²) in [5, 5.41) is 35.8. The zero-order valence-corrected chi connectivity index (χ0v) is 12.9. The van der Waals surface area contributed by atoms with E-state index in [-0.39, 0.29) is 17.0 Å². The van der Waals surface area contributed by atoms with Crippen molar-refractivity contribution < 1.29 is 24.0 Å². The Hall–Kier alpha value is -4.16. The van der Waals surface area contributed by atoms with Crippen LogP contribution in [0.2, 0.25) is 0 Å². The quantitative estimate of drug-likeness (QED) is 0.459. The van der Waals surface area contributed by atoms with Gasteiger partial charge in [0.15, 0.2) is 5.76 Å². The first-order valence-corrected chi connectivity index (χ1v) is 6.72. The van der Waals surface area contributed by atoms with Crippen LogP contribution in [0.15, 0.2) is 39.9 Å². The van der Waals surface area contributed by atoms with Crippen molar-refractivity contribution >= 4 is 28.9 Å². The molecule has 0 spiro atoms. The minimum atomic E-state index is -0.947. The van der Waals surface area contributed by atoms with Gasteiger partial charge in [0.2, 0.25) is 0 Å². The zero-order chi connectivity index (χ0) is 19.4. The van der Waals surface area contributed by atoms with E-state index in [9.17, 15) is 35.1 Å². The molecule has 0 aliphatic carbocycles. The molecule has 1 aromatic carbocycles. The fourth-order valence-corrected chi connectivity index (χ4v) is 1.81. The number of carbonyl (C=O) groups is 1. The Kier molecular flexibility index (Phi) is 5.01. The normalized spacial score (nSPS) is 11.0. The summed E-state index contributed by atoms with van der Waals surface area (Å²) >= 11 is 0. The average Bonchev–Trinajstić information content (AvgIpc) is 3.09. The van der Waals surface area contributed by atoms with Gasteiger partial charge in [0.05, 0.1) is 27.5 Å². The molecule has 13 heteroatoms. The van der Waals surface area contributed by atoms with Crippen LogP contribution in [0.3, 0.4) is 0 Å². The molecular formula is C13H9N5O8. The van der Waals surface area contributed by atoms with E-state index in [4.69, 9.17) is 4.42 Å². The number of rotatable bonds is 6. The summed E-state index contributed by atoms with van der Waals surface area (Å²) in [6.45, 7) is 1.39. The molecule has 0 radical (unpaired) electrons. The molecule has 2 aromatic rings. The largest absolute Gasteiger partial charge is 0.433 e. The first-order valence-electron chi connectivity index (χ1n) is 6.72. The maximum atomic E-state index is 12.0. The minimum Gasteiger partial charge on any atom is -0.399 e. The SMILES string of the molecule is C/C(=N/NC(=O)c1cc([N+](=O)[O-])cc([N+](=O)[O-])c1)c1ccc([N+](=O)[O-])o1. The third kappa shape index (κ3) is 4.02. The Labute approximate surface area is 143 Å². The lowest BCUT2D eigenvalue weighted by atomic mass is 10.1. The molecule has 1 amide bonds. The van der Waals surface area contributed by atoms with E-state index in [0.717, 1.165) is 18.2 Å². The van der Waals surface area contributed by atoms with Crippen molar-refractivity contribution in [2.45, 2.75) is 6.92 Å². The van der Waals surface area contributed by atoms with Crippen LogP contribution in [0.1, 0.15) is 23.0 Å². The molecule has 26 heavy (non-hydrogen) atoms. The highest BCUT2D eigenvalue weighted by Crippen LogP contribution is 2.22. The second kappa shape index (κ2) is 7.16. The maximum absolute atomic E-state index is 12.0. The lowest BCUT2D eigenvalue weighted by Crippen LogP contribution is -2.19. The Morgan fingerprint density at radius 3 is 2.04 bits per heavy atom. The summed E-state index contributed by atoms with van der Waals surface area (Å²) in [5.74, 6) is -1.45. The molecule has 2 rings (SSSR count). The molecule has 1 N–H and O–H groups in total. The van der Waals surface area contributed by atoms with Gasteiger partial charge in [-0.15, -0.1) is 0 Å². The number of benzene rings is 1. The van der Waals surface area contributed by atoms with E-state index < -0.39 is 37.9 Å². The Bertz CT molecular complexity index is 916. The van der Waals surface area contributed by atoms with Crippen LogP contribution in [0, 0.1) is 30.3 Å². The van der Waals surface area contributed by atoms with Gasteiger partial charge in [-0.3, -0.25) is 35.1 Å². The van der Waals surface area contributed by atoms with Gasteiger partial charge < -0.3 is 4.42 Å². The van der Waals surface area contributed by atoms with Gasteiger partial charge in [-0.25, -0.2) is 5.43 Å². The smallest absolute Gasteiger partial charge is 0.399 e. The monoisotopic (exact) mass is 363 g/mol. The first kappa shape index (κ1) is 18.2. The van der Waals surface area contributed by atoms with Crippen molar-refractivity contribution in [2.75, 3.05) is 0 Å². The number of hydrogen-bond donors (Lipinski definition) is 1. The summed E-state index contributed by atoms with van der Waals surface area (Å²) in [5.41, 5.74) is 0.498. The van der Waals surface area contributed by atoms with Crippen LogP contribution in [0.25, 0.3) is 0 Å². The van der Waals surface area contributed by atoms with Gasteiger partial charge in [0.25, 0.3) is 17.3 Å². The number of nitrogens with zero attached hydrogens (tertiary/aromatic N) is 4. The Morgan fingerprint density at radius 2 is 1.58 bits per heavy atom. The molecule has 1 heterocycles. The molecule has 0 saturated heterocycles. The minimum absolute atomic E-state index is 0.0158. The number of nitrogens with one attached hydrogen (secondary N) is 1. The molecular weight excluding hydrogens is 354 g/mol. The molecule has 134 valence electrons. The lowest BCUT2D eigenvalue weighted by Gasteiger charge is -2.02. The Balaban J connectivity index is 2.24. The zero-order valence-electron chi connectivity index (χ0n) is 12.9. The van der Waals surface area contributed by atoms with Gasteiger partial charge in [-0.2, -0.15) is 5.10 Å². The predicted molar refractivity (Wildman–Crippen MR) is 84.8 cm³/mol. The molecule has 0 fully saturated rings. The number of amides is 1. The summed E-state index contributed by atoms with van der Waals surface area (Å²) in [7, 11) is 0. The molecule has 1 aromatic heterocycles. The highest BCUT2D eigenvalue weighted by Gasteiger charge is 2.20. The molecule has 0 atom stereocenters. The molecule has 13 nitrogen and oxygen atoms in total. The molecule has 0 saturated carbocycles. The van der Waals surface area contributed by atoms with Gasteiger partial charge >= 0.3 is 5.88 Å². The average molecular weight is 363 g/mol. The van der Waals surface area contributed by atoms with Gasteiger partial charge in [0.1, 0.15) is 10.6 Å². The molecule has 0 bridgehead atoms. The van der Waals surface area contributed by atoms with Gasteiger partial charge in [-0.05, 0) is 13.0 Å². The van der Waals surface area contributed by atoms with Crippen LogP contribution < -0.4 is 5.43 Å². The Morgan fingerprint density at radius 1 is 1.00 bits per heavy atom. The second-order valence-corrected chi connectivity index (χ2v) is 4.79. The van der Waals surface area contributed by atoms with Crippen molar-refractivity contribution in [3.05, 3.63) is 72.0 Å². The lowest BCUT2D eigenvalue weighted by molar-refractivity contribution is -0.402. The van der Waals surface area contributed by atoms with Crippen LogP contribution in [0.5, 0.6) is 0 Å². The number of nitro benzene ring substituents is 2. The van der Waals surface area contributed by atoms with Crippen LogP contribution in [-0.4, -0.2) is 26.4 Å². The highest BCUT2D eigenvalue weighted by atomic mass is 16.7. The van der Waals surface area contributed by atoms with E-state index in [1.54, 1.807) is 0 Å². The predicted octanol–water partition coefficient (Wildman–Crippen LogP) is 2.16. The van der Waals surface area contributed by atoms with Crippen molar-refractivity contribution in [1.29, 1.82) is 0 Å². The standard InChI is InChI=1S/C13H9N5O8/c1-7(11-2-3-12(26-11)18(24)25)14-15-13(19)8-4-9(16(20)21)6-10(5-8)17(22)23/h2-6H,1H3,(H,15,19)/b14-7-.